The molecule has 0 aromatic heterocycles. The minimum atomic E-state index is -0.802. The van der Waals surface area contributed by atoms with E-state index < -0.39 is 29.3 Å². The number of hydrogen-bond donors (Lipinski definition) is 1. The Hall–Kier alpha value is -2.67. The summed E-state index contributed by atoms with van der Waals surface area (Å²) in [5.41, 5.74) is 0.592. The fourth-order valence-electron chi connectivity index (χ4n) is 2.58. The quantitative estimate of drug-likeness (QED) is 0.764. The van der Waals surface area contributed by atoms with Gasteiger partial charge in [-0.15, -0.1) is 0 Å². The maximum absolute atomic E-state index is 13.7. The highest BCUT2D eigenvalue weighted by atomic mass is 19.1. The van der Waals surface area contributed by atoms with Crippen LogP contribution in [0.2, 0.25) is 0 Å². The van der Waals surface area contributed by atoms with Crippen LogP contribution in [0.15, 0.2) is 36.4 Å². The number of likely N-dealkylation sites (N-methyl/N-ethyl adjacent to an activating group) is 1. The van der Waals surface area contributed by atoms with Gasteiger partial charge in [0.1, 0.15) is 17.3 Å². The van der Waals surface area contributed by atoms with Crippen LogP contribution >= 0.6 is 0 Å². The van der Waals surface area contributed by atoms with Crippen molar-refractivity contribution >= 4 is 11.6 Å². The Bertz CT molecular complexity index is 779. The molecule has 2 aromatic carbocycles. The Balaban J connectivity index is 1.97. The number of amides is 1. The third-order valence-electron chi connectivity index (χ3n) is 4.45. The van der Waals surface area contributed by atoms with E-state index >= 15 is 0 Å². The standard InChI is InChI=1S/C20H24F2N2O3/c1-13(20(25)23-19-15(21)6-5-7-16(19)22)24(2)11-10-14-8-9-17(26-3)18(12-14)27-4/h5-9,12-13H,10-11H2,1-4H3,(H,23,25)/t13-/m1/s1. The number of ether oxygens (including phenoxy) is 2. The van der Waals surface area contributed by atoms with Crippen molar-refractivity contribution in [3.63, 3.8) is 0 Å². The van der Waals surface area contributed by atoms with Crippen LogP contribution in [0.5, 0.6) is 11.5 Å². The molecule has 0 saturated heterocycles. The average molecular weight is 378 g/mol. The second-order valence-corrected chi connectivity index (χ2v) is 6.18. The zero-order valence-corrected chi connectivity index (χ0v) is 15.9. The average Bonchev–Trinajstić information content (AvgIpc) is 2.67. The highest BCUT2D eigenvalue weighted by Gasteiger charge is 2.20. The number of carbonyl (C=O) groups is 1. The highest BCUT2D eigenvalue weighted by molar-refractivity contribution is 5.94. The summed E-state index contributed by atoms with van der Waals surface area (Å²) >= 11 is 0. The molecule has 27 heavy (non-hydrogen) atoms. The van der Waals surface area contributed by atoms with Crippen LogP contribution in [-0.4, -0.2) is 44.7 Å². The van der Waals surface area contributed by atoms with Gasteiger partial charge in [-0.1, -0.05) is 12.1 Å². The summed E-state index contributed by atoms with van der Waals surface area (Å²) < 4.78 is 37.9. The molecule has 0 fully saturated rings. The highest BCUT2D eigenvalue weighted by Crippen LogP contribution is 2.27. The molecule has 146 valence electrons. The van der Waals surface area contributed by atoms with E-state index in [1.807, 2.05) is 23.1 Å². The molecule has 5 nitrogen and oxygen atoms in total. The summed E-state index contributed by atoms with van der Waals surface area (Å²) in [6, 6.07) is 8.52. The number of anilines is 1. The van der Waals surface area contributed by atoms with Gasteiger partial charge in [0.25, 0.3) is 0 Å². The Morgan fingerprint density at radius 1 is 1.11 bits per heavy atom. The third-order valence-corrected chi connectivity index (χ3v) is 4.45. The van der Waals surface area contributed by atoms with Crippen LogP contribution in [0.4, 0.5) is 14.5 Å². The fraction of sp³-hybridized carbons (Fsp3) is 0.350. The SMILES string of the molecule is COc1ccc(CCN(C)[C@H](C)C(=O)Nc2c(F)cccc2F)cc1OC. The molecule has 1 amide bonds. The summed E-state index contributed by atoms with van der Waals surface area (Å²) in [6.07, 6.45) is 0.669. The van der Waals surface area contributed by atoms with Crippen LogP contribution in [0.1, 0.15) is 12.5 Å². The number of nitrogens with one attached hydrogen (secondary N) is 1. The lowest BCUT2D eigenvalue weighted by Gasteiger charge is -2.24. The van der Waals surface area contributed by atoms with E-state index in [0.717, 1.165) is 17.7 Å². The predicted molar refractivity (Wildman–Crippen MR) is 100 cm³/mol. The van der Waals surface area contributed by atoms with Gasteiger partial charge in [0, 0.05) is 6.54 Å². The number of rotatable bonds is 8. The summed E-state index contributed by atoms with van der Waals surface area (Å²) in [7, 11) is 4.93. The van der Waals surface area contributed by atoms with E-state index in [1.54, 1.807) is 28.2 Å². The first-order valence-electron chi connectivity index (χ1n) is 8.53. The van der Waals surface area contributed by atoms with Gasteiger partial charge in [0.05, 0.1) is 20.3 Å². The Morgan fingerprint density at radius 2 is 1.74 bits per heavy atom. The molecule has 0 heterocycles. The van der Waals surface area contributed by atoms with E-state index in [4.69, 9.17) is 9.47 Å². The summed E-state index contributed by atoms with van der Waals surface area (Å²) in [5, 5.41) is 2.32. The van der Waals surface area contributed by atoms with Gasteiger partial charge in [-0.3, -0.25) is 9.69 Å². The molecular weight excluding hydrogens is 354 g/mol. The minimum Gasteiger partial charge on any atom is -0.493 e. The zero-order valence-electron chi connectivity index (χ0n) is 15.9. The molecule has 0 aliphatic carbocycles. The minimum absolute atomic E-state index is 0.428. The van der Waals surface area contributed by atoms with Gasteiger partial charge in [-0.2, -0.15) is 0 Å². The predicted octanol–water partition coefficient (Wildman–Crippen LogP) is 3.48. The normalized spacial score (nSPS) is 12.0. The summed E-state index contributed by atoms with van der Waals surface area (Å²) in [6.45, 7) is 2.26. The Labute approximate surface area is 157 Å². The third kappa shape index (κ3) is 5.17. The number of nitrogens with zero attached hydrogens (tertiary/aromatic N) is 1. The topological polar surface area (TPSA) is 50.8 Å². The number of para-hydroxylation sites is 1. The summed E-state index contributed by atoms with van der Waals surface area (Å²) in [4.78, 5) is 14.1. The van der Waals surface area contributed by atoms with E-state index in [-0.39, 0.29) is 0 Å². The molecule has 0 saturated carbocycles. The van der Waals surface area contributed by atoms with Crippen molar-refractivity contribution in [3.05, 3.63) is 53.6 Å². The fourth-order valence-corrected chi connectivity index (χ4v) is 2.58. The van der Waals surface area contributed by atoms with E-state index in [0.29, 0.717) is 24.5 Å². The van der Waals surface area contributed by atoms with Crippen molar-refractivity contribution in [2.75, 3.05) is 33.1 Å². The van der Waals surface area contributed by atoms with E-state index in [9.17, 15) is 13.6 Å². The van der Waals surface area contributed by atoms with Crippen molar-refractivity contribution in [1.29, 1.82) is 0 Å². The number of halogens is 2. The van der Waals surface area contributed by atoms with Crippen molar-refractivity contribution in [3.8, 4) is 11.5 Å². The second kappa shape index (κ2) is 9.32. The maximum Gasteiger partial charge on any atom is 0.241 e. The number of hydrogen-bond acceptors (Lipinski definition) is 4. The zero-order chi connectivity index (χ0) is 20.0. The maximum atomic E-state index is 13.7. The van der Waals surface area contributed by atoms with Crippen LogP contribution < -0.4 is 14.8 Å². The molecular formula is C20H24F2N2O3. The Morgan fingerprint density at radius 3 is 2.33 bits per heavy atom. The van der Waals surface area contributed by atoms with Crippen molar-refractivity contribution in [2.45, 2.75) is 19.4 Å². The monoisotopic (exact) mass is 378 g/mol. The number of methoxy groups -OCH3 is 2. The lowest BCUT2D eigenvalue weighted by Crippen LogP contribution is -2.40. The lowest BCUT2D eigenvalue weighted by atomic mass is 10.1. The molecule has 0 spiro atoms. The molecule has 0 bridgehead atoms. The molecule has 2 rings (SSSR count). The van der Waals surface area contributed by atoms with Crippen molar-refractivity contribution < 1.29 is 23.0 Å². The largest absolute Gasteiger partial charge is 0.493 e. The molecule has 0 unspecified atom stereocenters. The van der Waals surface area contributed by atoms with Crippen LogP contribution in [-0.2, 0) is 11.2 Å². The smallest absolute Gasteiger partial charge is 0.241 e. The van der Waals surface area contributed by atoms with Gasteiger partial charge in [0.15, 0.2) is 11.5 Å². The van der Waals surface area contributed by atoms with Crippen molar-refractivity contribution in [2.24, 2.45) is 0 Å². The molecule has 1 atom stereocenters. The van der Waals surface area contributed by atoms with Gasteiger partial charge in [-0.05, 0) is 50.2 Å². The molecule has 7 heteroatoms. The van der Waals surface area contributed by atoms with Gasteiger partial charge >= 0.3 is 0 Å². The molecule has 0 radical (unpaired) electrons. The molecule has 2 aromatic rings. The number of benzene rings is 2. The van der Waals surface area contributed by atoms with E-state index in [2.05, 4.69) is 5.32 Å². The lowest BCUT2D eigenvalue weighted by molar-refractivity contribution is -0.120. The van der Waals surface area contributed by atoms with Crippen LogP contribution in [0, 0.1) is 11.6 Å². The first kappa shape index (κ1) is 20.6. The molecule has 0 aliphatic rings. The van der Waals surface area contributed by atoms with Crippen LogP contribution in [0.25, 0.3) is 0 Å². The van der Waals surface area contributed by atoms with Crippen LogP contribution in [0.3, 0.4) is 0 Å². The Kier molecular flexibility index (Phi) is 7.12. The van der Waals surface area contributed by atoms with Gasteiger partial charge < -0.3 is 14.8 Å². The molecule has 0 aliphatic heterocycles. The first-order valence-corrected chi connectivity index (χ1v) is 8.53. The van der Waals surface area contributed by atoms with Crippen molar-refractivity contribution in [1.82, 2.24) is 4.90 Å². The first-order chi connectivity index (χ1) is 12.9. The van der Waals surface area contributed by atoms with E-state index in [1.165, 1.54) is 6.07 Å². The molecule has 1 N–H and O–H groups in total. The van der Waals surface area contributed by atoms with Gasteiger partial charge in [-0.25, -0.2) is 8.78 Å². The summed E-state index contributed by atoms with van der Waals surface area (Å²) in [5.74, 6) is -0.798. The van der Waals surface area contributed by atoms with Gasteiger partial charge in [0.2, 0.25) is 5.91 Å². The number of carbonyl (C=O) groups excluding carboxylic acids is 1. The second-order valence-electron chi connectivity index (χ2n) is 6.18.